The minimum absolute atomic E-state index is 0.0205. The predicted molar refractivity (Wildman–Crippen MR) is 91.4 cm³/mol. The second-order valence-electron chi connectivity index (χ2n) is 6.59. The molecule has 0 radical (unpaired) electrons. The molecule has 27 heavy (non-hydrogen) atoms. The number of alkyl halides is 3. The van der Waals surface area contributed by atoms with Crippen molar-refractivity contribution in [2.75, 3.05) is 11.4 Å². The van der Waals surface area contributed by atoms with E-state index in [9.17, 15) is 32.7 Å². The van der Waals surface area contributed by atoms with Crippen LogP contribution in [-0.2, 0) is 15.8 Å². The van der Waals surface area contributed by atoms with E-state index in [1.807, 2.05) is 0 Å². The van der Waals surface area contributed by atoms with Gasteiger partial charge < -0.3 is 15.3 Å². The molecule has 148 valence electrons. The molecule has 0 aromatic heterocycles. The Balaban J connectivity index is 2.41. The molecule has 1 heterocycles. The summed E-state index contributed by atoms with van der Waals surface area (Å²) in [5.74, 6) is -2.91. The van der Waals surface area contributed by atoms with Crippen molar-refractivity contribution in [1.82, 2.24) is 5.32 Å². The van der Waals surface area contributed by atoms with Gasteiger partial charge in [-0.1, -0.05) is 20.3 Å². The Morgan fingerprint density at radius 3 is 2.44 bits per heavy atom. The smallest absolute Gasteiger partial charge is 0.416 e. The lowest BCUT2D eigenvalue weighted by Crippen LogP contribution is -2.45. The van der Waals surface area contributed by atoms with Gasteiger partial charge in [0.1, 0.15) is 6.04 Å². The summed E-state index contributed by atoms with van der Waals surface area (Å²) < 4.78 is 39.7. The first kappa shape index (κ1) is 20.7. The van der Waals surface area contributed by atoms with Gasteiger partial charge >= 0.3 is 12.1 Å². The quantitative estimate of drug-likeness (QED) is 0.787. The molecule has 9 heteroatoms. The summed E-state index contributed by atoms with van der Waals surface area (Å²) in [6.07, 6.45) is -3.50. The van der Waals surface area contributed by atoms with Crippen molar-refractivity contribution in [3.8, 4) is 0 Å². The number of halogens is 3. The zero-order valence-electron chi connectivity index (χ0n) is 15.0. The number of aliphatic carboxylic acids is 1. The van der Waals surface area contributed by atoms with Crippen molar-refractivity contribution in [3.63, 3.8) is 0 Å². The second-order valence-corrected chi connectivity index (χ2v) is 6.59. The number of rotatable bonds is 6. The topological polar surface area (TPSA) is 86.7 Å². The molecule has 1 aromatic carbocycles. The van der Waals surface area contributed by atoms with Crippen LogP contribution in [0.25, 0.3) is 0 Å². The Bertz CT molecular complexity index is 749. The number of anilines is 1. The van der Waals surface area contributed by atoms with Crippen molar-refractivity contribution >= 4 is 23.5 Å². The molecule has 2 rings (SSSR count). The molecule has 0 unspecified atom stereocenters. The van der Waals surface area contributed by atoms with Gasteiger partial charge in [-0.05, 0) is 30.5 Å². The van der Waals surface area contributed by atoms with Crippen LogP contribution in [0.15, 0.2) is 18.2 Å². The summed E-state index contributed by atoms with van der Waals surface area (Å²) in [4.78, 5) is 36.9. The number of hydrogen-bond donors (Lipinski definition) is 2. The van der Waals surface area contributed by atoms with Crippen LogP contribution in [0.3, 0.4) is 0 Å². The van der Waals surface area contributed by atoms with E-state index in [0.29, 0.717) is 18.9 Å². The number of carbonyl (C=O) groups excluding carboxylic acids is 2. The van der Waals surface area contributed by atoms with Crippen LogP contribution in [0.4, 0.5) is 18.9 Å². The van der Waals surface area contributed by atoms with Crippen molar-refractivity contribution < 1.29 is 32.7 Å². The van der Waals surface area contributed by atoms with Crippen molar-refractivity contribution in [3.05, 3.63) is 29.3 Å². The number of hydrogen-bond acceptors (Lipinski definition) is 3. The summed E-state index contributed by atoms with van der Waals surface area (Å²) in [5.41, 5.74) is -1.43. The lowest BCUT2D eigenvalue weighted by Gasteiger charge is -2.22. The molecule has 1 aromatic rings. The van der Waals surface area contributed by atoms with Crippen LogP contribution < -0.4 is 10.2 Å². The zero-order valence-corrected chi connectivity index (χ0v) is 15.0. The van der Waals surface area contributed by atoms with E-state index in [1.54, 1.807) is 13.8 Å². The number of amides is 2. The predicted octanol–water partition coefficient (Wildman–Crippen LogP) is 3.06. The second kappa shape index (κ2) is 7.98. The van der Waals surface area contributed by atoms with Crippen LogP contribution in [0, 0.1) is 5.92 Å². The Morgan fingerprint density at radius 1 is 1.30 bits per heavy atom. The van der Waals surface area contributed by atoms with Gasteiger partial charge in [0.25, 0.3) is 5.91 Å². The van der Waals surface area contributed by atoms with Gasteiger partial charge in [-0.25, -0.2) is 4.79 Å². The van der Waals surface area contributed by atoms with Gasteiger partial charge in [0.05, 0.1) is 5.56 Å². The van der Waals surface area contributed by atoms with Gasteiger partial charge in [0.15, 0.2) is 0 Å². The molecule has 0 aliphatic carbocycles. The fourth-order valence-corrected chi connectivity index (χ4v) is 2.89. The molecule has 2 amide bonds. The number of carbonyl (C=O) groups is 3. The Kier molecular flexibility index (Phi) is 6.12. The van der Waals surface area contributed by atoms with E-state index < -0.39 is 35.6 Å². The Hall–Kier alpha value is -2.58. The van der Waals surface area contributed by atoms with Gasteiger partial charge in [0.2, 0.25) is 5.91 Å². The molecule has 1 aliphatic rings. The minimum atomic E-state index is -4.71. The fourth-order valence-electron chi connectivity index (χ4n) is 2.89. The average molecular weight is 386 g/mol. The third kappa shape index (κ3) is 4.78. The largest absolute Gasteiger partial charge is 0.480 e. The van der Waals surface area contributed by atoms with Crippen LogP contribution in [0.5, 0.6) is 0 Å². The molecule has 0 spiro atoms. The Morgan fingerprint density at radius 2 is 1.96 bits per heavy atom. The van der Waals surface area contributed by atoms with E-state index in [4.69, 9.17) is 0 Å². The molecule has 1 aliphatic heterocycles. The first-order valence-electron chi connectivity index (χ1n) is 8.61. The molecule has 2 N–H and O–H groups in total. The number of nitrogens with one attached hydrogen (secondary N) is 1. The number of nitrogens with zero attached hydrogens (tertiary/aromatic N) is 1. The molecule has 2 atom stereocenters. The van der Waals surface area contributed by atoms with E-state index in [0.717, 1.165) is 6.07 Å². The van der Waals surface area contributed by atoms with Crippen molar-refractivity contribution in [1.29, 1.82) is 0 Å². The molecular formula is C18H21F3N2O4. The first-order chi connectivity index (χ1) is 12.5. The summed E-state index contributed by atoms with van der Waals surface area (Å²) >= 11 is 0. The summed E-state index contributed by atoms with van der Waals surface area (Å²) in [5, 5.41) is 11.6. The molecule has 0 bridgehead atoms. The number of benzene rings is 1. The van der Waals surface area contributed by atoms with Gasteiger partial charge in [0, 0.05) is 24.2 Å². The lowest BCUT2D eigenvalue weighted by molar-refractivity contribution is -0.140. The molecule has 6 nitrogen and oxygen atoms in total. The summed E-state index contributed by atoms with van der Waals surface area (Å²) in [6, 6.07) is 1.44. The van der Waals surface area contributed by atoms with E-state index in [2.05, 4.69) is 5.32 Å². The fraction of sp³-hybridized carbons (Fsp3) is 0.500. The molecule has 1 saturated heterocycles. The maximum atomic E-state index is 13.2. The molecular weight excluding hydrogens is 365 g/mol. The first-order valence-corrected chi connectivity index (χ1v) is 8.61. The maximum Gasteiger partial charge on any atom is 0.416 e. The SMILES string of the molecule is CC[C@H](C)[C@H](NC(=O)c1cc(N2CCCC2=O)cc(C(F)(F)F)c1)C(=O)O. The van der Waals surface area contributed by atoms with Crippen molar-refractivity contribution in [2.45, 2.75) is 45.3 Å². The zero-order chi connectivity index (χ0) is 20.4. The lowest BCUT2D eigenvalue weighted by atomic mass is 9.98. The van der Waals surface area contributed by atoms with Gasteiger partial charge in [-0.2, -0.15) is 13.2 Å². The molecule has 0 saturated carbocycles. The van der Waals surface area contributed by atoms with E-state index >= 15 is 0 Å². The highest BCUT2D eigenvalue weighted by Crippen LogP contribution is 2.34. The monoisotopic (exact) mass is 386 g/mol. The van der Waals surface area contributed by atoms with Crippen LogP contribution in [0.2, 0.25) is 0 Å². The highest BCUT2D eigenvalue weighted by Gasteiger charge is 2.34. The van der Waals surface area contributed by atoms with Crippen molar-refractivity contribution in [2.24, 2.45) is 5.92 Å². The van der Waals surface area contributed by atoms with Crippen LogP contribution >= 0.6 is 0 Å². The summed E-state index contributed by atoms with van der Waals surface area (Å²) in [7, 11) is 0. The third-order valence-corrected chi connectivity index (χ3v) is 4.66. The van der Waals surface area contributed by atoms with Gasteiger partial charge in [-0.3, -0.25) is 9.59 Å². The average Bonchev–Trinajstić information content (AvgIpc) is 3.03. The maximum absolute atomic E-state index is 13.2. The van der Waals surface area contributed by atoms with Crippen LogP contribution in [0.1, 0.15) is 49.0 Å². The minimum Gasteiger partial charge on any atom is -0.480 e. The van der Waals surface area contributed by atoms with E-state index in [1.165, 1.54) is 11.0 Å². The molecule has 1 fully saturated rings. The normalized spacial score (nSPS) is 16.9. The van der Waals surface area contributed by atoms with Gasteiger partial charge in [-0.15, -0.1) is 0 Å². The standard InChI is InChI=1S/C18H21F3N2O4/c1-3-10(2)15(17(26)27)22-16(25)11-7-12(18(19,20)21)9-13(8-11)23-6-4-5-14(23)24/h7-10,15H,3-6H2,1-2H3,(H,22,25)(H,26,27)/t10-,15-/m0/s1. The van der Waals surface area contributed by atoms with Crippen LogP contribution in [-0.4, -0.2) is 35.5 Å². The summed E-state index contributed by atoms with van der Waals surface area (Å²) in [6.45, 7) is 3.64. The number of carboxylic acids is 1. The number of carboxylic acid groups (broad SMARTS) is 1. The highest BCUT2D eigenvalue weighted by atomic mass is 19.4. The highest BCUT2D eigenvalue weighted by molar-refractivity contribution is 6.00. The Labute approximate surface area is 154 Å². The van der Waals surface area contributed by atoms with E-state index in [-0.39, 0.29) is 30.1 Å². The third-order valence-electron chi connectivity index (χ3n) is 4.66.